The first-order chi connectivity index (χ1) is 13.8. The lowest BCUT2D eigenvalue weighted by Gasteiger charge is -2.19. The number of amides is 2. The number of rotatable bonds is 6. The number of carbonyl (C=O) groups excluding carboxylic acids is 2. The standard InChI is InChI=1S/C23H24N2O2S2/c1-15(2)13-18-9-11-19(12-10-18)16(3)21(26)24-25-22(27)20(29-23(25)28)14-17-7-5-4-6-8-17/h4-12,14-16H,13H2,1-3H3,(H,24,26). The van der Waals surface area contributed by atoms with Crippen LogP contribution in [-0.2, 0) is 16.0 Å². The lowest BCUT2D eigenvalue weighted by Crippen LogP contribution is -2.46. The minimum Gasteiger partial charge on any atom is -0.273 e. The summed E-state index contributed by atoms with van der Waals surface area (Å²) in [6.45, 7) is 6.18. The zero-order chi connectivity index (χ0) is 21.0. The van der Waals surface area contributed by atoms with Crippen LogP contribution in [0.2, 0.25) is 0 Å². The molecular weight excluding hydrogens is 400 g/mol. The Morgan fingerprint density at radius 3 is 2.38 bits per heavy atom. The van der Waals surface area contributed by atoms with Gasteiger partial charge in [-0.1, -0.05) is 80.2 Å². The highest BCUT2D eigenvalue weighted by Crippen LogP contribution is 2.31. The Balaban J connectivity index is 1.67. The van der Waals surface area contributed by atoms with Gasteiger partial charge in [0, 0.05) is 0 Å². The molecule has 29 heavy (non-hydrogen) atoms. The quantitative estimate of drug-likeness (QED) is 0.528. The Kier molecular flexibility index (Phi) is 6.87. The van der Waals surface area contributed by atoms with E-state index in [1.165, 1.54) is 22.3 Å². The predicted molar refractivity (Wildman–Crippen MR) is 123 cm³/mol. The van der Waals surface area contributed by atoms with Gasteiger partial charge in [0.25, 0.3) is 5.91 Å². The van der Waals surface area contributed by atoms with Gasteiger partial charge in [0.05, 0.1) is 10.8 Å². The maximum atomic E-state index is 12.7. The lowest BCUT2D eigenvalue weighted by molar-refractivity contribution is -0.133. The van der Waals surface area contributed by atoms with Crippen molar-refractivity contribution >= 4 is 46.2 Å². The largest absolute Gasteiger partial charge is 0.285 e. The van der Waals surface area contributed by atoms with E-state index < -0.39 is 5.92 Å². The van der Waals surface area contributed by atoms with E-state index >= 15 is 0 Å². The van der Waals surface area contributed by atoms with E-state index in [-0.39, 0.29) is 11.8 Å². The second-order valence-electron chi connectivity index (χ2n) is 7.47. The molecule has 1 atom stereocenters. The second kappa shape index (κ2) is 9.37. The normalized spacial score (nSPS) is 16.6. The van der Waals surface area contributed by atoms with Crippen LogP contribution in [-0.4, -0.2) is 21.1 Å². The van der Waals surface area contributed by atoms with Gasteiger partial charge in [-0.15, -0.1) is 0 Å². The molecule has 6 heteroatoms. The van der Waals surface area contributed by atoms with Gasteiger partial charge in [0.15, 0.2) is 4.32 Å². The molecule has 0 aliphatic carbocycles. The molecule has 3 rings (SSSR count). The molecule has 1 heterocycles. The zero-order valence-corrected chi connectivity index (χ0v) is 18.3. The van der Waals surface area contributed by atoms with Crippen LogP contribution in [0.3, 0.4) is 0 Å². The van der Waals surface area contributed by atoms with Gasteiger partial charge in [0.1, 0.15) is 0 Å². The van der Waals surface area contributed by atoms with E-state index in [9.17, 15) is 9.59 Å². The average molecular weight is 425 g/mol. The van der Waals surface area contributed by atoms with Crippen molar-refractivity contribution < 1.29 is 9.59 Å². The monoisotopic (exact) mass is 424 g/mol. The summed E-state index contributed by atoms with van der Waals surface area (Å²) in [6.07, 6.45) is 2.79. The van der Waals surface area contributed by atoms with Crippen LogP contribution in [0, 0.1) is 5.92 Å². The van der Waals surface area contributed by atoms with E-state index in [0.29, 0.717) is 15.1 Å². The lowest BCUT2D eigenvalue weighted by atomic mass is 9.96. The number of thioether (sulfide) groups is 1. The predicted octanol–water partition coefficient (Wildman–Crippen LogP) is 4.92. The molecule has 1 unspecified atom stereocenters. The zero-order valence-electron chi connectivity index (χ0n) is 16.7. The Morgan fingerprint density at radius 1 is 1.10 bits per heavy atom. The molecule has 2 aromatic carbocycles. The molecule has 1 N–H and O–H groups in total. The van der Waals surface area contributed by atoms with Crippen LogP contribution in [0.15, 0.2) is 59.5 Å². The highest BCUT2D eigenvalue weighted by atomic mass is 32.2. The smallest absolute Gasteiger partial charge is 0.273 e. The molecule has 2 amide bonds. The van der Waals surface area contributed by atoms with Gasteiger partial charge in [-0.3, -0.25) is 15.0 Å². The summed E-state index contributed by atoms with van der Waals surface area (Å²) in [4.78, 5) is 25.9. The average Bonchev–Trinajstić information content (AvgIpc) is 2.95. The number of hydrazine groups is 1. The number of nitrogens with one attached hydrogen (secondary N) is 1. The van der Waals surface area contributed by atoms with Crippen LogP contribution in [0.1, 0.15) is 43.4 Å². The fourth-order valence-corrected chi connectivity index (χ4v) is 4.22. The van der Waals surface area contributed by atoms with Crippen molar-refractivity contribution in [2.75, 3.05) is 0 Å². The van der Waals surface area contributed by atoms with E-state index in [0.717, 1.165) is 17.5 Å². The molecule has 0 spiro atoms. The Morgan fingerprint density at radius 2 is 1.76 bits per heavy atom. The molecule has 0 saturated carbocycles. The van der Waals surface area contributed by atoms with E-state index in [1.54, 1.807) is 6.08 Å². The van der Waals surface area contributed by atoms with Crippen LogP contribution in [0.5, 0.6) is 0 Å². The van der Waals surface area contributed by atoms with E-state index in [4.69, 9.17) is 12.2 Å². The van der Waals surface area contributed by atoms with Crippen molar-refractivity contribution in [3.8, 4) is 0 Å². The number of hydrogen-bond donors (Lipinski definition) is 1. The highest BCUT2D eigenvalue weighted by Gasteiger charge is 2.34. The fourth-order valence-electron chi connectivity index (χ4n) is 3.04. The van der Waals surface area contributed by atoms with Crippen molar-refractivity contribution in [3.05, 3.63) is 76.2 Å². The summed E-state index contributed by atoms with van der Waals surface area (Å²) in [5, 5.41) is 1.17. The molecule has 1 aliphatic rings. The Bertz CT molecular complexity index is 937. The maximum absolute atomic E-state index is 12.7. The summed E-state index contributed by atoms with van der Waals surface area (Å²) < 4.78 is 0.324. The molecule has 2 aromatic rings. The molecule has 0 radical (unpaired) electrons. The summed E-state index contributed by atoms with van der Waals surface area (Å²) in [5.74, 6) is -0.388. The highest BCUT2D eigenvalue weighted by molar-refractivity contribution is 8.26. The molecule has 1 saturated heterocycles. The molecule has 150 valence electrons. The van der Waals surface area contributed by atoms with Crippen molar-refractivity contribution in [3.63, 3.8) is 0 Å². The van der Waals surface area contributed by atoms with Gasteiger partial charge in [0.2, 0.25) is 5.91 Å². The van der Waals surface area contributed by atoms with Gasteiger partial charge in [-0.2, -0.15) is 5.01 Å². The van der Waals surface area contributed by atoms with Crippen molar-refractivity contribution in [2.45, 2.75) is 33.1 Å². The number of carbonyl (C=O) groups is 2. The SMILES string of the molecule is CC(C)Cc1ccc(C(C)C(=O)NN2C(=O)C(=Cc3ccccc3)SC2=S)cc1. The third kappa shape index (κ3) is 5.34. The van der Waals surface area contributed by atoms with Gasteiger partial charge < -0.3 is 0 Å². The number of nitrogens with zero attached hydrogens (tertiary/aromatic N) is 1. The van der Waals surface area contributed by atoms with Gasteiger partial charge >= 0.3 is 0 Å². The Labute approximate surface area is 181 Å². The van der Waals surface area contributed by atoms with E-state index in [2.05, 4.69) is 31.4 Å². The van der Waals surface area contributed by atoms with E-state index in [1.807, 2.05) is 49.4 Å². The Hall–Kier alpha value is -2.44. The molecule has 0 bridgehead atoms. The molecule has 1 fully saturated rings. The first-order valence-electron chi connectivity index (χ1n) is 9.57. The third-order valence-electron chi connectivity index (χ3n) is 4.63. The minimum absolute atomic E-state index is 0.265. The van der Waals surface area contributed by atoms with Crippen molar-refractivity contribution in [2.24, 2.45) is 5.92 Å². The van der Waals surface area contributed by atoms with Crippen LogP contribution in [0.4, 0.5) is 0 Å². The fraction of sp³-hybridized carbons (Fsp3) is 0.261. The second-order valence-corrected chi connectivity index (χ2v) is 9.14. The number of hydrogen-bond acceptors (Lipinski definition) is 4. The molecule has 0 aromatic heterocycles. The third-order valence-corrected chi connectivity index (χ3v) is 5.93. The summed E-state index contributed by atoms with van der Waals surface area (Å²) in [5.41, 5.74) is 5.74. The summed E-state index contributed by atoms with van der Waals surface area (Å²) in [6, 6.07) is 17.6. The van der Waals surface area contributed by atoms with Crippen molar-refractivity contribution in [1.82, 2.24) is 10.4 Å². The van der Waals surface area contributed by atoms with Crippen molar-refractivity contribution in [1.29, 1.82) is 0 Å². The van der Waals surface area contributed by atoms with Crippen LogP contribution in [0.25, 0.3) is 6.08 Å². The topological polar surface area (TPSA) is 49.4 Å². The number of benzene rings is 2. The minimum atomic E-state index is -0.397. The first kappa shape index (κ1) is 21.3. The maximum Gasteiger partial charge on any atom is 0.285 e. The molecule has 1 aliphatic heterocycles. The van der Waals surface area contributed by atoms with Crippen LogP contribution >= 0.6 is 24.0 Å². The summed E-state index contributed by atoms with van der Waals surface area (Å²) in [7, 11) is 0. The first-order valence-corrected chi connectivity index (χ1v) is 10.8. The molecule has 4 nitrogen and oxygen atoms in total. The van der Waals surface area contributed by atoms with Gasteiger partial charge in [-0.05, 0) is 54.2 Å². The van der Waals surface area contributed by atoms with Crippen LogP contribution < -0.4 is 5.43 Å². The number of thiocarbonyl (C=S) groups is 1. The summed E-state index contributed by atoms with van der Waals surface area (Å²) >= 11 is 6.49. The molecular formula is C23H24N2O2S2. The van der Waals surface area contributed by atoms with Gasteiger partial charge in [-0.25, -0.2) is 0 Å².